The molecule has 3 atom stereocenters. The van der Waals surface area contributed by atoms with Crippen molar-refractivity contribution in [2.24, 2.45) is 0 Å². The second kappa shape index (κ2) is 16.7. The van der Waals surface area contributed by atoms with E-state index in [9.17, 15) is 19.8 Å². The smallest absolute Gasteiger partial charge is 0.407 e. The number of ether oxygens (including phenoxy) is 1. The molecule has 1 aliphatic rings. The van der Waals surface area contributed by atoms with Crippen molar-refractivity contribution >= 4 is 28.7 Å². The van der Waals surface area contributed by atoms with Gasteiger partial charge in [0.2, 0.25) is 5.91 Å². The van der Waals surface area contributed by atoms with Gasteiger partial charge >= 0.3 is 6.09 Å². The van der Waals surface area contributed by atoms with E-state index < -0.39 is 36.3 Å². The highest BCUT2D eigenvalue weighted by Crippen LogP contribution is 2.37. The Balaban J connectivity index is 1.33. The van der Waals surface area contributed by atoms with Gasteiger partial charge in [-0.3, -0.25) is 4.79 Å². The van der Waals surface area contributed by atoms with Crippen LogP contribution in [-0.2, 0) is 22.5 Å². The Morgan fingerprint density at radius 2 is 1.82 bits per heavy atom. The fraction of sp³-hybridized carbons (Fsp3) is 0.462. The lowest BCUT2D eigenvalue weighted by molar-refractivity contribution is -0.132. The number of aryl methyl sites for hydroxylation is 1. The molecule has 0 spiro atoms. The third-order valence-electron chi connectivity index (χ3n) is 9.19. The van der Waals surface area contributed by atoms with Crippen molar-refractivity contribution in [3.63, 3.8) is 0 Å². The first-order valence-corrected chi connectivity index (χ1v) is 17.6. The molecule has 0 radical (unpaired) electrons. The lowest BCUT2D eigenvalue weighted by Crippen LogP contribution is -2.46. The number of hydrogen-bond acceptors (Lipinski definition) is 8. The summed E-state index contributed by atoms with van der Waals surface area (Å²) in [7, 11) is 0. The third kappa shape index (κ3) is 9.63. The van der Waals surface area contributed by atoms with E-state index >= 15 is 4.39 Å². The number of halogens is 1. The molecule has 11 nitrogen and oxygen atoms in total. The number of carbonyl (C=O) groups excluding carboxylic acids is 2. The van der Waals surface area contributed by atoms with Crippen LogP contribution in [0.15, 0.2) is 60.8 Å². The summed E-state index contributed by atoms with van der Waals surface area (Å²) >= 11 is 0. The number of aliphatic hydroxyl groups is 3. The highest BCUT2D eigenvalue weighted by Gasteiger charge is 2.32. The fourth-order valence-electron chi connectivity index (χ4n) is 6.92. The number of rotatable bonds is 13. The molecule has 1 aliphatic heterocycles. The van der Waals surface area contributed by atoms with Gasteiger partial charge in [0.25, 0.3) is 0 Å². The number of benzene rings is 2. The zero-order valence-corrected chi connectivity index (χ0v) is 29.9. The molecule has 0 aliphatic carbocycles. The second-order valence-corrected chi connectivity index (χ2v) is 14.3. The number of para-hydroxylation sites is 1. The zero-order chi connectivity index (χ0) is 36.7. The van der Waals surface area contributed by atoms with Crippen molar-refractivity contribution in [3.05, 3.63) is 83.4 Å². The molecule has 2 aromatic carbocycles. The Hall–Kier alpha value is -4.52. The van der Waals surface area contributed by atoms with Gasteiger partial charge in [0, 0.05) is 60.9 Å². The van der Waals surface area contributed by atoms with Crippen molar-refractivity contribution in [2.75, 3.05) is 38.2 Å². The van der Waals surface area contributed by atoms with Gasteiger partial charge in [-0.15, -0.1) is 0 Å². The molecule has 2 aromatic heterocycles. The molecule has 2 amide bonds. The van der Waals surface area contributed by atoms with E-state index in [-0.39, 0.29) is 31.4 Å². The summed E-state index contributed by atoms with van der Waals surface area (Å²) in [6, 6.07) is 16.1. The predicted molar refractivity (Wildman–Crippen MR) is 195 cm³/mol. The van der Waals surface area contributed by atoms with Gasteiger partial charge in [-0.05, 0) is 81.8 Å². The van der Waals surface area contributed by atoms with E-state index in [4.69, 9.17) is 9.84 Å². The summed E-state index contributed by atoms with van der Waals surface area (Å²) < 4.78 is 22.5. The number of anilines is 1. The van der Waals surface area contributed by atoms with Gasteiger partial charge in [0.15, 0.2) is 0 Å². The quantitative estimate of drug-likeness (QED) is 0.129. The number of pyridine rings is 1. The number of amides is 2. The number of alkyl carbamates (subject to hydrolysis) is 1. The van der Waals surface area contributed by atoms with Crippen LogP contribution in [0.2, 0.25) is 0 Å². The van der Waals surface area contributed by atoms with E-state index in [1.807, 2.05) is 54.3 Å². The SMILES string of the molecule is Cc1c(C2CCCN(C(=O)C[C@@H](Cc3ccc(-c4ccc(NCCO)nc4)cc3)NC(=O)OC(C)(C)C)C2)n(C[C@H](O)CO)c2c(F)cccc12. The van der Waals surface area contributed by atoms with Crippen molar-refractivity contribution in [3.8, 4) is 11.1 Å². The van der Waals surface area contributed by atoms with Gasteiger partial charge in [-0.2, -0.15) is 0 Å². The lowest BCUT2D eigenvalue weighted by Gasteiger charge is -2.35. The van der Waals surface area contributed by atoms with E-state index in [1.54, 1.807) is 37.6 Å². The van der Waals surface area contributed by atoms with E-state index in [0.29, 0.717) is 37.4 Å². The number of hydrogen-bond donors (Lipinski definition) is 5. The predicted octanol–water partition coefficient (Wildman–Crippen LogP) is 5.14. The summed E-state index contributed by atoms with van der Waals surface area (Å²) in [6.07, 6.45) is 2.07. The average molecular weight is 704 g/mol. The molecule has 274 valence electrons. The number of nitrogens with zero attached hydrogens (tertiary/aromatic N) is 3. The summed E-state index contributed by atoms with van der Waals surface area (Å²) in [6.45, 7) is 8.28. The maximum Gasteiger partial charge on any atom is 0.407 e. The second-order valence-electron chi connectivity index (χ2n) is 14.3. The van der Waals surface area contributed by atoms with Crippen LogP contribution in [0.3, 0.4) is 0 Å². The highest BCUT2D eigenvalue weighted by atomic mass is 19.1. The highest BCUT2D eigenvalue weighted by molar-refractivity contribution is 5.86. The first-order valence-electron chi connectivity index (χ1n) is 17.6. The maximum absolute atomic E-state index is 15.2. The normalized spacial score (nSPS) is 16.2. The first kappa shape index (κ1) is 37.7. The van der Waals surface area contributed by atoms with Crippen molar-refractivity contribution < 1.29 is 34.0 Å². The number of carbonyl (C=O) groups is 2. The van der Waals surface area contributed by atoms with Gasteiger partial charge in [0.05, 0.1) is 31.4 Å². The minimum atomic E-state index is -1.06. The molecule has 5 rings (SSSR count). The molecule has 0 bridgehead atoms. The van der Waals surface area contributed by atoms with Crippen molar-refractivity contribution in [1.29, 1.82) is 0 Å². The van der Waals surface area contributed by atoms with Crippen LogP contribution in [0.4, 0.5) is 15.0 Å². The molecule has 1 unspecified atom stereocenters. The number of piperidine rings is 1. The summed E-state index contributed by atoms with van der Waals surface area (Å²) in [5, 5.41) is 35.7. The molecule has 12 heteroatoms. The van der Waals surface area contributed by atoms with Crippen LogP contribution in [0.5, 0.6) is 0 Å². The van der Waals surface area contributed by atoms with E-state index in [1.165, 1.54) is 6.07 Å². The number of nitrogens with one attached hydrogen (secondary N) is 2. The summed E-state index contributed by atoms with van der Waals surface area (Å²) in [5.74, 6) is 0.0532. The standard InChI is InChI=1S/C39H50FN5O6/c1-25-32-8-5-9-33(40)37(32)45(23-31(48)24-47)36(25)29-7-6-17-44(22-29)35(49)20-30(43-38(50)51-39(2,3)4)19-26-10-12-27(13-11-26)28-14-15-34(42-21-28)41-16-18-46/h5,8-15,21,29-31,46-48H,6-7,16-20,22-24H2,1-4H3,(H,41,42)(H,43,50)/t29?,30-,31+/m1/s1. The molecule has 0 saturated carbocycles. The van der Waals surface area contributed by atoms with Crippen LogP contribution < -0.4 is 10.6 Å². The minimum absolute atomic E-state index is 0.0188. The average Bonchev–Trinajstić information content (AvgIpc) is 3.38. The molecule has 51 heavy (non-hydrogen) atoms. The summed E-state index contributed by atoms with van der Waals surface area (Å²) in [4.78, 5) is 33.1. The molecule has 5 N–H and O–H groups in total. The Morgan fingerprint density at radius 3 is 2.49 bits per heavy atom. The first-order chi connectivity index (χ1) is 24.4. The van der Waals surface area contributed by atoms with Gasteiger partial charge in [-0.25, -0.2) is 14.2 Å². The molecule has 1 saturated heterocycles. The number of fused-ring (bicyclic) bond motifs is 1. The minimum Gasteiger partial charge on any atom is -0.444 e. The number of aromatic nitrogens is 2. The van der Waals surface area contributed by atoms with Crippen molar-refractivity contribution in [2.45, 2.75) is 83.6 Å². The number of aliphatic hydroxyl groups excluding tert-OH is 3. The van der Waals surface area contributed by atoms with Crippen molar-refractivity contribution in [1.82, 2.24) is 19.8 Å². The van der Waals surface area contributed by atoms with E-state index in [0.717, 1.165) is 46.2 Å². The van der Waals surface area contributed by atoms with Crippen LogP contribution in [0.1, 0.15) is 62.8 Å². The molecular formula is C39H50FN5O6. The largest absolute Gasteiger partial charge is 0.444 e. The Kier molecular flexibility index (Phi) is 12.3. The van der Waals surface area contributed by atoms with Crippen LogP contribution in [0.25, 0.3) is 22.0 Å². The number of likely N-dealkylation sites (tertiary alicyclic amines) is 1. The molecule has 4 aromatic rings. The Bertz CT molecular complexity index is 1790. The van der Waals surface area contributed by atoms with Crippen LogP contribution >= 0.6 is 0 Å². The summed E-state index contributed by atoms with van der Waals surface area (Å²) in [5.41, 5.74) is 4.25. The van der Waals surface area contributed by atoms with Crippen LogP contribution in [-0.4, -0.2) is 92.4 Å². The van der Waals surface area contributed by atoms with E-state index in [2.05, 4.69) is 15.6 Å². The molecule has 1 fully saturated rings. The Morgan fingerprint density at radius 1 is 1.08 bits per heavy atom. The lowest BCUT2D eigenvalue weighted by atomic mass is 9.91. The van der Waals surface area contributed by atoms with Gasteiger partial charge in [0.1, 0.15) is 17.2 Å². The monoisotopic (exact) mass is 703 g/mol. The molecule has 3 heterocycles. The maximum atomic E-state index is 15.2. The molecular weight excluding hydrogens is 653 g/mol. The topological polar surface area (TPSA) is 149 Å². The van der Waals surface area contributed by atoms with Gasteiger partial charge < -0.3 is 40.2 Å². The Labute approximate surface area is 298 Å². The van der Waals surface area contributed by atoms with Gasteiger partial charge in [-0.1, -0.05) is 36.4 Å². The van der Waals surface area contributed by atoms with Crippen LogP contribution in [0, 0.1) is 12.7 Å². The fourth-order valence-corrected chi connectivity index (χ4v) is 6.92. The zero-order valence-electron chi connectivity index (χ0n) is 29.9. The third-order valence-corrected chi connectivity index (χ3v) is 9.19.